The molecule has 0 fully saturated rings. The molecule has 0 aromatic carbocycles. The van der Waals surface area contributed by atoms with Gasteiger partial charge in [-0.25, -0.2) is 4.98 Å². The van der Waals surface area contributed by atoms with Gasteiger partial charge in [0, 0.05) is 4.88 Å². The van der Waals surface area contributed by atoms with Crippen molar-refractivity contribution in [2.24, 2.45) is 0 Å². The number of aryl methyl sites for hydroxylation is 2. The number of carbonyl (C=O) groups is 1. The van der Waals surface area contributed by atoms with E-state index in [4.69, 9.17) is 4.74 Å². The van der Waals surface area contributed by atoms with Crippen LogP contribution in [0.3, 0.4) is 0 Å². The molecule has 0 unspecified atom stereocenters. The van der Waals surface area contributed by atoms with E-state index in [-0.39, 0.29) is 18.1 Å². The van der Waals surface area contributed by atoms with Crippen LogP contribution < -0.4 is 5.56 Å². The van der Waals surface area contributed by atoms with Crippen molar-refractivity contribution in [1.29, 1.82) is 0 Å². The Bertz CT molecular complexity index is 763. The summed E-state index contributed by atoms with van der Waals surface area (Å²) in [6, 6.07) is 0. The van der Waals surface area contributed by atoms with E-state index < -0.39 is 0 Å². The molecule has 2 heterocycles. The summed E-state index contributed by atoms with van der Waals surface area (Å²) >= 11 is 1.62. The molecule has 3 rings (SSSR count). The summed E-state index contributed by atoms with van der Waals surface area (Å²) in [5.74, 6) is -0.367. The summed E-state index contributed by atoms with van der Waals surface area (Å²) in [5, 5.41) is 0.714. The van der Waals surface area contributed by atoms with Gasteiger partial charge in [0.25, 0.3) is 5.56 Å². The number of esters is 1. The van der Waals surface area contributed by atoms with Gasteiger partial charge >= 0.3 is 5.97 Å². The normalized spacial score (nSPS) is 14.0. The zero-order valence-electron chi connectivity index (χ0n) is 13.5. The molecule has 0 bridgehead atoms. The number of fused-ring (bicyclic) bond motifs is 3. The van der Waals surface area contributed by atoms with Crippen LogP contribution >= 0.6 is 11.3 Å². The Morgan fingerprint density at radius 2 is 2.17 bits per heavy atom. The van der Waals surface area contributed by atoms with E-state index in [1.165, 1.54) is 22.2 Å². The monoisotopic (exact) mass is 334 g/mol. The molecule has 0 spiro atoms. The SMILES string of the molecule is CCCCCOC(=O)Cn1cnc2sc3c(c2c1=O)CCCC3. The molecule has 2 aromatic heterocycles. The molecule has 0 atom stereocenters. The lowest BCUT2D eigenvalue weighted by molar-refractivity contribution is -0.144. The summed E-state index contributed by atoms with van der Waals surface area (Å²) in [5.41, 5.74) is 1.04. The van der Waals surface area contributed by atoms with Crippen molar-refractivity contribution in [3.63, 3.8) is 0 Å². The van der Waals surface area contributed by atoms with Crippen molar-refractivity contribution in [1.82, 2.24) is 9.55 Å². The standard InChI is InChI=1S/C17H22N2O3S/c1-2-3-6-9-22-14(20)10-19-11-18-16-15(17(19)21)12-7-4-5-8-13(12)23-16/h11H,2-10H2,1H3. The lowest BCUT2D eigenvalue weighted by atomic mass is 9.97. The Morgan fingerprint density at radius 3 is 3.00 bits per heavy atom. The second-order valence-electron chi connectivity index (χ2n) is 6.00. The zero-order valence-corrected chi connectivity index (χ0v) is 14.3. The number of hydrogen-bond acceptors (Lipinski definition) is 5. The molecule has 0 N–H and O–H groups in total. The molecule has 0 aliphatic heterocycles. The third kappa shape index (κ3) is 3.47. The third-order valence-electron chi connectivity index (χ3n) is 4.25. The molecular weight excluding hydrogens is 312 g/mol. The third-order valence-corrected chi connectivity index (χ3v) is 5.45. The first-order chi connectivity index (χ1) is 11.2. The number of rotatable bonds is 6. The summed E-state index contributed by atoms with van der Waals surface area (Å²) in [4.78, 5) is 31.1. The Balaban J connectivity index is 1.78. The fourth-order valence-corrected chi connectivity index (χ4v) is 4.24. The summed E-state index contributed by atoms with van der Waals surface area (Å²) < 4.78 is 6.57. The average molecular weight is 334 g/mol. The maximum atomic E-state index is 12.7. The van der Waals surface area contributed by atoms with Gasteiger partial charge in [0.2, 0.25) is 0 Å². The van der Waals surface area contributed by atoms with Gasteiger partial charge < -0.3 is 4.74 Å². The van der Waals surface area contributed by atoms with Crippen molar-refractivity contribution in [2.45, 2.75) is 58.4 Å². The molecule has 0 radical (unpaired) electrons. The second kappa shape index (κ2) is 7.25. The van der Waals surface area contributed by atoms with E-state index in [1.54, 1.807) is 11.3 Å². The number of aromatic nitrogens is 2. The first-order valence-electron chi connectivity index (χ1n) is 8.36. The Hall–Kier alpha value is -1.69. The Morgan fingerprint density at radius 1 is 1.35 bits per heavy atom. The Kier molecular flexibility index (Phi) is 5.10. The maximum absolute atomic E-state index is 12.7. The minimum atomic E-state index is -0.367. The number of ether oxygens (including phenoxy) is 1. The second-order valence-corrected chi connectivity index (χ2v) is 7.08. The van der Waals surface area contributed by atoms with Gasteiger partial charge in [0.1, 0.15) is 11.4 Å². The number of carbonyl (C=O) groups excluding carboxylic acids is 1. The van der Waals surface area contributed by atoms with Crippen molar-refractivity contribution >= 4 is 27.5 Å². The van der Waals surface area contributed by atoms with Gasteiger partial charge in [-0.15, -0.1) is 11.3 Å². The zero-order chi connectivity index (χ0) is 16.2. The molecule has 1 aliphatic rings. The van der Waals surface area contributed by atoms with Crippen LogP contribution in [-0.2, 0) is 28.9 Å². The minimum absolute atomic E-state index is 0.0570. The summed E-state index contributed by atoms with van der Waals surface area (Å²) in [7, 11) is 0. The molecule has 0 saturated heterocycles. The molecule has 6 heteroatoms. The lowest BCUT2D eigenvalue weighted by Gasteiger charge is -2.10. The highest BCUT2D eigenvalue weighted by Crippen LogP contribution is 2.33. The molecule has 5 nitrogen and oxygen atoms in total. The van der Waals surface area contributed by atoms with E-state index in [0.29, 0.717) is 12.0 Å². The number of thiophene rings is 1. The van der Waals surface area contributed by atoms with Gasteiger partial charge in [-0.3, -0.25) is 14.2 Å². The predicted octanol–water partition coefficient (Wildman–Crippen LogP) is 3.07. The first-order valence-corrected chi connectivity index (χ1v) is 9.17. The smallest absolute Gasteiger partial charge is 0.326 e. The quantitative estimate of drug-likeness (QED) is 0.602. The highest BCUT2D eigenvalue weighted by molar-refractivity contribution is 7.18. The van der Waals surface area contributed by atoms with Crippen molar-refractivity contribution in [3.05, 3.63) is 27.1 Å². The summed E-state index contributed by atoms with van der Waals surface area (Å²) in [6.45, 7) is 2.47. The van der Waals surface area contributed by atoms with E-state index in [0.717, 1.165) is 48.9 Å². The highest BCUT2D eigenvalue weighted by atomic mass is 32.1. The van der Waals surface area contributed by atoms with Gasteiger partial charge in [-0.2, -0.15) is 0 Å². The van der Waals surface area contributed by atoms with Crippen LogP contribution in [0.15, 0.2) is 11.1 Å². The topological polar surface area (TPSA) is 61.2 Å². The van der Waals surface area contributed by atoms with Crippen LogP contribution in [0.5, 0.6) is 0 Å². The molecular formula is C17H22N2O3S. The van der Waals surface area contributed by atoms with Gasteiger partial charge in [0.15, 0.2) is 0 Å². The maximum Gasteiger partial charge on any atom is 0.326 e. The average Bonchev–Trinajstić information content (AvgIpc) is 2.93. The van der Waals surface area contributed by atoms with Gasteiger partial charge in [-0.05, 0) is 37.7 Å². The summed E-state index contributed by atoms with van der Waals surface area (Å²) in [6.07, 6.45) is 8.74. The molecule has 124 valence electrons. The van der Waals surface area contributed by atoms with Crippen LogP contribution in [0.1, 0.15) is 49.5 Å². The fraction of sp³-hybridized carbons (Fsp3) is 0.588. The fourth-order valence-electron chi connectivity index (χ4n) is 3.02. The van der Waals surface area contributed by atoms with E-state index in [1.807, 2.05) is 0 Å². The van der Waals surface area contributed by atoms with Crippen molar-refractivity contribution in [3.8, 4) is 0 Å². The van der Waals surface area contributed by atoms with Crippen LogP contribution in [-0.4, -0.2) is 22.1 Å². The van der Waals surface area contributed by atoms with Gasteiger partial charge in [0.05, 0.1) is 18.3 Å². The largest absolute Gasteiger partial charge is 0.464 e. The van der Waals surface area contributed by atoms with Crippen molar-refractivity contribution < 1.29 is 9.53 Å². The number of nitrogens with zero attached hydrogens (tertiary/aromatic N) is 2. The van der Waals surface area contributed by atoms with Crippen molar-refractivity contribution in [2.75, 3.05) is 6.61 Å². The number of unbranched alkanes of at least 4 members (excludes halogenated alkanes) is 2. The highest BCUT2D eigenvalue weighted by Gasteiger charge is 2.20. The van der Waals surface area contributed by atoms with Crippen LogP contribution in [0, 0.1) is 0 Å². The minimum Gasteiger partial charge on any atom is -0.464 e. The van der Waals surface area contributed by atoms with Crippen LogP contribution in [0.4, 0.5) is 0 Å². The number of hydrogen-bond donors (Lipinski definition) is 0. The molecule has 1 aliphatic carbocycles. The molecule has 2 aromatic rings. The molecule has 0 saturated carbocycles. The predicted molar refractivity (Wildman–Crippen MR) is 91.0 cm³/mol. The van der Waals surface area contributed by atoms with Crippen LogP contribution in [0.2, 0.25) is 0 Å². The first kappa shape index (κ1) is 16.2. The van der Waals surface area contributed by atoms with Crippen LogP contribution in [0.25, 0.3) is 10.2 Å². The van der Waals surface area contributed by atoms with Gasteiger partial charge in [-0.1, -0.05) is 19.8 Å². The van der Waals surface area contributed by atoms with E-state index in [2.05, 4.69) is 11.9 Å². The lowest BCUT2D eigenvalue weighted by Crippen LogP contribution is -2.26. The van der Waals surface area contributed by atoms with E-state index >= 15 is 0 Å². The molecule has 23 heavy (non-hydrogen) atoms. The molecule has 0 amide bonds. The van der Waals surface area contributed by atoms with E-state index in [9.17, 15) is 9.59 Å². The Labute approximate surface area is 139 Å².